The Morgan fingerprint density at radius 3 is 2.38 bits per heavy atom. The fourth-order valence-electron chi connectivity index (χ4n) is 1.87. The van der Waals surface area contributed by atoms with Gasteiger partial charge in [-0.2, -0.15) is 0 Å². The molecule has 5 heteroatoms. The Bertz CT molecular complexity index is 260. The number of rotatable bonds is 5. The summed E-state index contributed by atoms with van der Waals surface area (Å²) in [6, 6.07) is 0. The van der Waals surface area contributed by atoms with Crippen molar-refractivity contribution in [2.45, 2.75) is 20.3 Å². The van der Waals surface area contributed by atoms with E-state index in [0.717, 1.165) is 13.0 Å². The molecule has 0 bridgehead atoms. The summed E-state index contributed by atoms with van der Waals surface area (Å²) in [7, 11) is 1.67. The van der Waals surface area contributed by atoms with Crippen LogP contribution in [0.15, 0.2) is 0 Å². The third kappa shape index (κ3) is 4.28. The van der Waals surface area contributed by atoms with E-state index in [-0.39, 0.29) is 17.2 Å². The summed E-state index contributed by atoms with van der Waals surface area (Å²) >= 11 is 0. The fraction of sp³-hybridized carbons (Fsp3) is 0.818. The zero-order chi connectivity index (χ0) is 12.2. The molecule has 0 spiro atoms. The van der Waals surface area contributed by atoms with Crippen molar-refractivity contribution in [3.05, 3.63) is 0 Å². The Hall–Kier alpha value is -0.940. The number of nitrogens with zero attached hydrogens (tertiary/aromatic N) is 1. The van der Waals surface area contributed by atoms with Gasteiger partial charge < -0.3 is 4.74 Å². The Balaban J connectivity index is 2.45. The number of piperazine rings is 1. The molecule has 16 heavy (non-hydrogen) atoms. The van der Waals surface area contributed by atoms with E-state index < -0.39 is 0 Å². The predicted molar refractivity (Wildman–Crippen MR) is 59.9 cm³/mol. The molecular formula is C11H20N2O3. The van der Waals surface area contributed by atoms with Crippen molar-refractivity contribution < 1.29 is 14.3 Å². The molecule has 1 fully saturated rings. The first-order valence-corrected chi connectivity index (χ1v) is 5.47. The molecule has 1 aliphatic heterocycles. The quantitative estimate of drug-likeness (QED) is 0.673. The number of carbonyl (C=O) groups excluding carboxylic acids is 2. The van der Waals surface area contributed by atoms with Crippen LogP contribution in [0.2, 0.25) is 0 Å². The molecule has 1 rings (SSSR count). The van der Waals surface area contributed by atoms with Crippen LogP contribution in [0.4, 0.5) is 0 Å². The highest BCUT2D eigenvalue weighted by atomic mass is 16.5. The van der Waals surface area contributed by atoms with Gasteiger partial charge in [0.2, 0.25) is 11.8 Å². The van der Waals surface area contributed by atoms with Gasteiger partial charge in [0, 0.05) is 20.3 Å². The molecule has 0 saturated carbocycles. The number of hydrogen-bond acceptors (Lipinski definition) is 4. The highest BCUT2D eigenvalue weighted by Crippen LogP contribution is 2.22. The number of hydrogen-bond donors (Lipinski definition) is 1. The fourth-order valence-corrected chi connectivity index (χ4v) is 1.87. The topological polar surface area (TPSA) is 58.6 Å². The average molecular weight is 228 g/mol. The molecular weight excluding hydrogens is 208 g/mol. The smallest absolute Gasteiger partial charge is 0.240 e. The minimum atomic E-state index is -0.209. The normalized spacial score (nSPS) is 18.7. The van der Waals surface area contributed by atoms with Crippen molar-refractivity contribution in [1.82, 2.24) is 10.2 Å². The van der Waals surface area contributed by atoms with Crippen LogP contribution < -0.4 is 5.32 Å². The molecule has 0 aromatic carbocycles. The van der Waals surface area contributed by atoms with Gasteiger partial charge in [0.1, 0.15) is 0 Å². The summed E-state index contributed by atoms with van der Waals surface area (Å²) in [5.41, 5.74) is 0.0495. The van der Waals surface area contributed by atoms with E-state index in [9.17, 15) is 9.59 Å². The minimum Gasteiger partial charge on any atom is -0.385 e. The Morgan fingerprint density at radius 2 is 1.88 bits per heavy atom. The van der Waals surface area contributed by atoms with Gasteiger partial charge >= 0.3 is 0 Å². The molecule has 1 N–H and O–H groups in total. The molecule has 0 aliphatic carbocycles. The standard InChI is InChI=1S/C11H20N2O3/c1-11(2,4-5-16-3)8-13-6-9(14)12-10(15)7-13/h4-8H2,1-3H3,(H,12,14,15). The maximum Gasteiger partial charge on any atom is 0.240 e. The number of imide groups is 1. The third-order valence-corrected chi connectivity index (χ3v) is 2.65. The second-order valence-electron chi connectivity index (χ2n) is 5.02. The predicted octanol–water partition coefficient (Wildman–Crippen LogP) is 0.00750. The van der Waals surface area contributed by atoms with Crippen LogP contribution in [0.1, 0.15) is 20.3 Å². The molecule has 5 nitrogen and oxygen atoms in total. The maximum atomic E-state index is 11.2. The van der Waals surface area contributed by atoms with E-state index >= 15 is 0 Å². The van der Waals surface area contributed by atoms with Crippen LogP contribution in [0.3, 0.4) is 0 Å². The van der Waals surface area contributed by atoms with Gasteiger partial charge in [-0.25, -0.2) is 0 Å². The van der Waals surface area contributed by atoms with E-state index in [0.29, 0.717) is 19.7 Å². The summed E-state index contributed by atoms with van der Waals surface area (Å²) in [5.74, 6) is -0.419. The molecule has 1 aliphatic rings. The van der Waals surface area contributed by atoms with Gasteiger partial charge in [-0.15, -0.1) is 0 Å². The van der Waals surface area contributed by atoms with Crippen molar-refractivity contribution in [2.75, 3.05) is 33.4 Å². The minimum absolute atomic E-state index is 0.0495. The number of nitrogens with one attached hydrogen (secondary N) is 1. The van der Waals surface area contributed by atoms with Crippen LogP contribution in [-0.4, -0.2) is 50.1 Å². The first-order valence-electron chi connectivity index (χ1n) is 5.47. The zero-order valence-electron chi connectivity index (χ0n) is 10.2. The molecule has 1 heterocycles. The van der Waals surface area contributed by atoms with E-state index in [4.69, 9.17) is 4.74 Å². The van der Waals surface area contributed by atoms with Gasteiger partial charge in [-0.05, 0) is 11.8 Å². The highest BCUT2D eigenvalue weighted by Gasteiger charge is 2.28. The summed E-state index contributed by atoms with van der Waals surface area (Å²) in [4.78, 5) is 24.3. The third-order valence-electron chi connectivity index (χ3n) is 2.65. The van der Waals surface area contributed by atoms with E-state index in [1.165, 1.54) is 0 Å². The monoisotopic (exact) mass is 228 g/mol. The van der Waals surface area contributed by atoms with Crippen molar-refractivity contribution in [3.63, 3.8) is 0 Å². The second-order valence-corrected chi connectivity index (χ2v) is 5.02. The van der Waals surface area contributed by atoms with Gasteiger partial charge in [-0.1, -0.05) is 13.8 Å². The lowest BCUT2D eigenvalue weighted by molar-refractivity contribution is -0.136. The summed E-state index contributed by atoms with van der Waals surface area (Å²) < 4.78 is 5.04. The second kappa shape index (κ2) is 5.41. The highest BCUT2D eigenvalue weighted by molar-refractivity contribution is 5.99. The molecule has 0 unspecified atom stereocenters. The van der Waals surface area contributed by atoms with Crippen LogP contribution >= 0.6 is 0 Å². The lowest BCUT2D eigenvalue weighted by atomic mass is 9.89. The van der Waals surface area contributed by atoms with Crippen molar-refractivity contribution in [1.29, 1.82) is 0 Å². The van der Waals surface area contributed by atoms with E-state index in [1.54, 1.807) is 7.11 Å². The lowest BCUT2D eigenvalue weighted by Crippen LogP contribution is -2.53. The molecule has 1 saturated heterocycles. The van der Waals surface area contributed by atoms with Crippen LogP contribution in [0.25, 0.3) is 0 Å². The van der Waals surface area contributed by atoms with Gasteiger partial charge in [0.25, 0.3) is 0 Å². The van der Waals surface area contributed by atoms with Gasteiger partial charge in [0.15, 0.2) is 0 Å². The van der Waals surface area contributed by atoms with Crippen LogP contribution in [-0.2, 0) is 14.3 Å². The largest absolute Gasteiger partial charge is 0.385 e. The zero-order valence-corrected chi connectivity index (χ0v) is 10.2. The summed E-state index contributed by atoms with van der Waals surface area (Å²) in [6.45, 7) is 6.27. The number of amides is 2. The van der Waals surface area contributed by atoms with Crippen molar-refractivity contribution in [2.24, 2.45) is 5.41 Å². The number of methoxy groups -OCH3 is 1. The molecule has 92 valence electrons. The summed E-state index contributed by atoms with van der Waals surface area (Å²) in [5, 5.41) is 2.29. The van der Waals surface area contributed by atoms with Crippen LogP contribution in [0, 0.1) is 5.41 Å². The summed E-state index contributed by atoms with van der Waals surface area (Å²) in [6.07, 6.45) is 0.913. The Morgan fingerprint density at radius 1 is 1.31 bits per heavy atom. The maximum absolute atomic E-state index is 11.2. The average Bonchev–Trinajstić information content (AvgIpc) is 2.12. The first-order chi connectivity index (χ1) is 7.43. The van der Waals surface area contributed by atoms with Gasteiger partial charge in [0.05, 0.1) is 13.1 Å². The molecule has 0 radical (unpaired) electrons. The number of carbonyl (C=O) groups is 2. The van der Waals surface area contributed by atoms with Crippen molar-refractivity contribution in [3.8, 4) is 0 Å². The van der Waals surface area contributed by atoms with E-state index in [2.05, 4.69) is 19.2 Å². The molecule has 0 aromatic rings. The Kier molecular flexibility index (Phi) is 4.44. The van der Waals surface area contributed by atoms with E-state index in [1.807, 2.05) is 4.90 Å². The lowest BCUT2D eigenvalue weighted by Gasteiger charge is -2.33. The number of ether oxygens (including phenoxy) is 1. The van der Waals surface area contributed by atoms with Crippen LogP contribution in [0.5, 0.6) is 0 Å². The Labute approximate surface area is 96.1 Å². The molecule has 0 aromatic heterocycles. The molecule has 2 amide bonds. The molecule has 0 atom stereocenters. The SMILES string of the molecule is COCCC(C)(C)CN1CC(=O)NC(=O)C1. The van der Waals surface area contributed by atoms with Gasteiger partial charge in [-0.3, -0.25) is 19.8 Å². The first kappa shape index (κ1) is 13.1. The van der Waals surface area contributed by atoms with Crippen molar-refractivity contribution >= 4 is 11.8 Å².